The molecule has 2 N–H and O–H groups in total. The number of aliphatic hydroxyl groups excluding tert-OH is 1. The van der Waals surface area contributed by atoms with Crippen molar-refractivity contribution >= 4 is 35.0 Å². The summed E-state index contributed by atoms with van der Waals surface area (Å²) in [6.07, 6.45) is 5.17. The molecule has 6 heteroatoms. The molecule has 0 saturated carbocycles. The molecule has 1 saturated heterocycles. The SMILES string of the molecule is CN1CC[C@]23c4c5c(I)cc(O)c4O[C@H]2[C@@H](O)C=C[C@H]3[C@H]1C5.Cl. The Morgan fingerprint density at radius 3 is 2.96 bits per heavy atom. The van der Waals surface area contributed by atoms with Crippen LogP contribution in [0.4, 0.5) is 0 Å². The summed E-state index contributed by atoms with van der Waals surface area (Å²) in [5.41, 5.74) is 2.32. The molecule has 1 aromatic carbocycles. The fourth-order valence-electron chi connectivity index (χ4n) is 5.28. The van der Waals surface area contributed by atoms with Gasteiger partial charge in [-0.15, -0.1) is 12.4 Å². The lowest BCUT2D eigenvalue weighted by molar-refractivity contribution is -0.0454. The molecular weight excluding hydrogens is 429 g/mol. The molecule has 2 bridgehead atoms. The van der Waals surface area contributed by atoms with Crippen LogP contribution in [0.15, 0.2) is 18.2 Å². The number of hydrogen-bond donors (Lipinski definition) is 2. The Morgan fingerprint density at radius 1 is 1.39 bits per heavy atom. The Bertz CT molecular complexity index is 724. The van der Waals surface area contributed by atoms with Crippen molar-refractivity contribution < 1.29 is 14.9 Å². The summed E-state index contributed by atoms with van der Waals surface area (Å²) in [6.45, 7) is 1.01. The number of hydrogen-bond acceptors (Lipinski definition) is 4. The zero-order valence-electron chi connectivity index (χ0n) is 12.7. The van der Waals surface area contributed by atoms with Crippen LogP contribution < -0.4 is 4.74 Å². The van der Waals surface area contributed by atoms with E-state index in [1.165, 1.54) is 11.1 Å². The largest absolute Gasteiger partial charge is 0.504 e. The van der Waals surface area contributed by atoms with Gasteiger partial charge in [-0.25, -0.2) is 0 Å². The van der Waals surface area contributed by atoms with E-state index < -0.39 is 6.10 Å². The lowest BCUT2D eigenvalue weighted by Crippen LogP contribution is -2.64. The van der Waals surface area contributed by atoms with Crippen molar-refractivity contribution in [2.75, 3.05) is 13.6 Å². The number of rotatable bonds is 0. The van der Waals surface area contributed by atoms with Gasteiger partial charge in [0, 0.05) is 26.5 Å². The smallest absolute Gasteiger partial charge is 0.165 e. The summed E-state index contributed by atoms with van der Waals surface area (Å²) in [5.74, 6) is 1.19. The summed E-state index contributed by atoms with van der Waals surface area (Å²) in [6, 6.07) is 2.25. The fraction of sp³-hybridized carbons (Fsp3) is 0.529. The second-order valence-electron chi connectivity index (χ2n) is 7.04. The third-order valence-corrected chi connectivity index (χ3v) is 7.19. The molecule has 0 amide bonds. The van der Waals surface area contributed by atoms with Gasteiger partial charge >= 0.3 is 0 Å². The third kappa shape index (κ3) is 1.74. The Hall–Kier alpha value is -0.500. The molecule has 1 spiro atoms. The summed E-state index contributed by atoms with van der Waals surface area (Å²) in [7, 11) is 2.19. The van der Waals surface area contributed by atoms with Crippen LogP contribution in [-0.4, -0.2) is 47.0 Å². The molecule has 5 atom stereocenters. The molecule has 5 rings (SSSR count). The van der Waals surface area contributed by atoms with Gasteiger partial charge in [0.15, 0.2) is 11.5 Å². The number of halogens is 2. The van der Waals surface area contributed by atoms with E-state index in [9.17, 15) is 10.2 Å². The molecule has 1 aromatic rings. The number of ether oxygens (including phenoxy) is 1. The number of aliphatic hydroxyl groups is 1. The van der Waals surface area contributed by atoms with Gasteiger partial charge in [-0.05, 0) is 60.7 Å². The van der Waals surface area contributed by atoms with Gasteiger partial charge in [0.2, 0.25) is 0 Å². The predicted molar refractivity (Wildman–Crippen MR) is 97.5 cm³/mol. The monoisotopic (exact) mass is 447 g/mol. The van der Waals surface area contributed by atoms with Crippen LogP contribution in [0.5, 0.6) is 11.5 Å². The van der Waals surface area contributed by atoms with E-state index in [0.717, 1.165) is 23.0 Å². The van der Waals surface area contributed by atoms with Gasteiger partial charge in [-0.2, -0.15) is 0 Å². The molecule has 2 aliphatic heterocycles. The van der Waals surface area contributed by atoms with Crippen molar-refractivity contribution in [1.82, 2.24) is 4.90 Å². The third-order valence-electron chi connectivity index (χ3n) is 6.22. The highest BCUT2D eigenvalue weighted by atomic mass is 127. The van der Waals surface area contributed by atoms with E-state index in [4.69, 9.17) is 4.74 Å². The Kier molecular flexibility index (Phi) is 3.48. The van der Waals surface area contributed by atoms with Crippen LogP contribution in [0.1, 0.15) is 17.5 Å². The average Bonchev–Trinajstić information content (AvgIpc) is 2.83. The quantitative estimate of drug-likeness (QED) is 0.473. The van der Waals surface area contributed by atoms with Gasteiger partial charge < -0.3 is 19.8 Å². The van der Waals surface area contributed by atoms with E-state index in [-0.39, 0.29) is 29.7 Å². The van der Waals surface area contributed by atoms with Gasteiger partial charge in [0.1, 0.15) is 12.2 Å². The highest BCUT2D eigenvalue weighted by molar-refractivity contribution is 14.1. The van der Waals surface area contributed by atoms with E-state index in [1.807, 2.05) is 6.08 Å². The molecule has 23 heavy (non-hydrogen) atoms. The van der Waals surface area contributed by atoms with Crippen LogP contribution in [0.25, 0.3) is 0 Å². The highest BCUT2D eigenvalue weighted by Gasteiger charge is 2.64. The Labute approximate surface area is 155 Å². The minimum atomic E-state index is -0.601. The van der Waals surface area contributed by atoms with Crippen LogP contribution in [0.2, 0.25) is 0 Å². The number of benzene rings is 1. The number of piperidine rings is 1. The van der Waals surface area contributed by atoms with Crippen molar-refractivity contribution in [1.29, 1.82) is 0 Å². The predicted octanol–water partition coefficient (Wildman–Crippen LogP) is 2.22. The first-order valence-electron chi connectivity index (χ1n) is 7.82. The van der Waals surface area contributed by atoms with Gasteiger partial charge in [0.25, 0.3) is 0 Å². The number of phenolic OH excluding ortho intramolecular Hbond substituents is 1. The number of nitrogens with zero attached hydrogens (tertiary/aromatic N) is 1. The zero-order valence-corrected chi connectivity index (χ0v) is 15.7. The molecule has 1 fully saturated rings. The maximum atomic E-state index is 10.5. The molecule has 0 radical (unpaired) electrons. The van der Waals surface area contributed by atoms with Crippen molar-refractivity contribution in [2.45, 2.75) is 36.5 Å². The van der Waals surface area contributed by atoms with Crippen molar-refractivity contribution in [2.24, 2.45) is 5.92 Å². The van der Waals surface area contributed by atoms with Crippen LogP contribution >= 0.6 is 35.0 Å². The first-order chi connectivity index (χ1) is 10.5. The molecular formula is C17H19ClINO3. The standard InChI is InChI=1S/C17H18INO3.ClH/c1-19-5-4-17-9-2-3-12(20)16(17)22-15-13(21)7-10(18)8(14(15)17)6-11(9)19;/h2-3,7,9,11-12,16,20-21H,4-6H2,1H3;1H/t9-,11+,12-,16-,17-;/m0./s1. The normalized spacial score (nSPS) is 39.4. The first kappa shape index (κ1) is 16.0. The second-order valence-corrected chi connectivity index (χ2v) is 8.20. The highest BCUT2D eigenvalue weighted by Crippen LogP contribution is 2.62. The first-order valence-corrected chi connectivity index (χ1v) is 8.90. The molecule has 2 aliphatic carbocycles. The zero-order chi connectivity index (χ0) is 15.2. The lowest BCUT2D eigenvalue weighted by atomic mass is 9.53. The number of likely N-dealkylation sites (tertiary alicyclic amines) is 1. The molecule has 2 heterocycles. The van der Waals surface area contributed by atoms with E-state index in [0.29, 0.717) is 17.7 Å². The van der Waals surface area contributed by atoms with Crippen LogP contribution in [0, 0.1) is 9.49 Å². The Morgan fingerprint density at radius 2 is 2.17 bits per heavy atom. The minimum absolute atomic E-state index is 0. The summed E-state index contributed by atoms with van der Waals surface area (Å²) in [4.78, 5) is 2.44. The molecule has 0 unspecified atom stereocenters. The molecule has 0 aromatic heterocycles. The minimum Gasteiger partial charge on any atom is -0.504 e. The Balaban J connectivity index is 0.00000135. The number of phenols is 1. The molecule has 4 aliphatic rings. The van der Waals surface area contributed by atoms with Gasteiger partial charge in [-0.3, -0.25) is 0 Å². The van der Waals surface area contributed by atoms with Crippen LogP contribution in [0.3, 0.4) is 0 Å². The van der Waals surface area contributed by atoms with E-state index in [1.54, 1.807) is 6.07 Å². The summed E-state index contributed by atoms with van der Waals surface area (Å²) < 4.78 is 7.25. The summed E-state index contributed by atoms with van der Waals surface area (Å²) in [5, 5.41) is 20.9. The van der Waals surface area contributed by atoms with Gasteiger partial charge in [0.05, 0.1) is 0 Å². The van der Waals surface area contributed by atoms with Gasteiger partial charge in [-0.1, -0.05) is 12.2 Å². The van der Waals surface area contributed by atoms with Crippen molar-refractivity contribution in [3.63, 3.8) is 0 Å². The average molecular weight is 448 g/mol. The van der Waals surface area contributed by atoms with E-state index in [2.05, 4.69) is 40.6 Å². The maximum Gasteiger partial charge on any atom is 0.165 e. The van der Waals surface area contributed by atoms with Crippen molar-refractivity contribution in [3.8, 4) is 11.5 Å². The fourth-order valence-corrected chi connectivity index (χ4v) is 6.06. The second kappa shape index (κ2) is 5.00. The van der Waals surface area contributed by atoms with Crippen LogP contribution in [-0.2, 0) is 11.8 Å². The molecule has 4 nitrogen and oxygen atoms in total. The maximum absolute atomic E-state index is 10.5. The summed E-state index contributed by atoms with van der Waals surface area (Å²) >= 11 is 2.32. The number of aromatic hydroxyl groups is 1. The topological polar surface area (TPSA) is 52.9 Å². The van der Waals surface area contributed by atoms with Crippen molar-refractivity contribution in [3.05, 3.63) is 32.9 Å². The number of likely N-dealkylation sites (N-methyl/N-ethyl adjacent to an activating group) is 1. The molecule has 124 valence electrons. The van der Waals surface area contributed by atoms with E-state index >= 15 is 0 Å². The lowest BCUT2D eigenvalue weighted by Gasteiger charge is -2.56.